The lowest BCUT2D eigenvalue weighted by Gasteiger charge is -2.26. The molecule has 0 aliphatic carbocycles. The van der Waals surface area contributed by atoms with Crippen LogP contribution in [0.2, 0.25) is 0 Å². The van der Waals surface area contributed by atoms with Crippen LogP contribution >= 0.6 is 11.8 Å². The van der Waals surface area contributed by atoms with Crippen LogP contribution in [0.3, 0.4) is 0 Å². The van der Waals surface area contributed by atoms with E-state index in [1.165, 1.54) is 52.1 Å². The summed E-state index contributed by atoms with van der Waals surface area (Å²) in [4.78, 5) is 89.0. The van der Waals surface area contributed by atoms with E-state index in [4.69, 9.17) is 18.9 Å². The third-order valence-corrected chi connectivity index (χ3v) is 9.99. The van der Waals surface area contributed by atoms with Gasteiger partial charge in [0.1, 0.15) is 29.8 Å². The van der Waals surface area contributed by atoms with Crippen molar-refractivity contribution in [2.75, 3.05) is 32.8 Å². The van der Waals surface area contributed by atoms with Crippen LogP contribution in [-0.2, 0) is 47.7 Å². The van der Waals surface area contributed by atoms with Crippen molar-refractivity contribution >= 4 is 53.5 Å². The molecule has 318 valence electrons. The Kier molecular flexibility index (Phi) is 27.8. The van der Waals surface area contributed by atoms with Gasteiger partial charge in [-0.1, -0.05) is 91.4 Å². The van der Waals surface area contributed by atoms with E-state index >= 15 is 0 Å². The first-order valence-corrected chi connectivity index (χ1v) is 20.9. The Balaban J connectivity index is 5.19. The molecule has 15 nitrogen and oxygen atoms in total. The molecule has 0 bridgehead atoms. The molecule has 0 fully saturated rings. The molecule has 0 aromatic heterocycles. The fourth-order valence-corrected chi connectivity index (χ4v) is 6.51. The highest BCUT2D eigenvalue weighted by molar-refractivity contribution is 7.99. The predicted octanol–water partition coefficient (Wildman–Crippen LogP) is 5.11. The molecule has 0 aromatic carbocycles. The topological polar surface area (TPSA) is 205 Å². The van der Waals surface area contributed by atoms with Crippen molar-refractivity contribution < 1.29 is 52.5 Å². The first kappa shape index (κ1) is 51.4. The lowest BCUT2D eigenvalue weighted by Crippen LogP contribution is -2.54. The Hall–Kier alpha value is -3.56. The number of alkyl carbamates (subject to hydrolysis) is 1. The molecular formula is C39H70N4O11S. The van der Waals surface area contributed by atoms with E-state index in [0.29, 0.717) is 12.8 Å². The van der Waals surface area contributed by atoms with Crippen molar-refractivity contribution in [1.29, 1.82) is 0 Å². The minimum Gasteiger partial charge on any atom is -0.467 e. The van der Waals surface area contributed by atoms with Crippen molar-refractivity contribution in [3.05, 3.63) is 0 Å². The van der Waals surface area contributed by atoms with E-state index in [9.17, 15) is 33.6 Å². The average molecular weight is 803 g/mol. The molecule has 0 saturated heterocycles. The lowest BCUT2D eigenvalue weighted by molar-refractivity contribution is -0.146. The maximum Gasteiger partial charge on any atom is 0.408 e. The van der Waals surface area contributed by atoms with Crippen LogP contribution in [0.25, 0.3) is 0 Å². The molecule has 0 heterocycles. The maximum atomic E-state index is 13.4. The molecule has 0 radical (unpaired) electrons. The molecular weight excluding hydrogens is 733 g/mol. The molecule has 0 spiro atoms. The second-order valence-corrected chi connectivity index (χ2v) is 15.8. The van der Waals surface area contributed by atoms with Crippen LogP contribution in [-0.4, -0.2) is 104 Å². The van der Waals surface area contributed by atoms with Crippen LogP contribution in [0.5, 0.6) is 0 Å². The number of ether oxygens (including phenoxy) is 4. The van der Waals surface area contributed by atoms with E-state index in [1.807, 2.05) is 13.8 Å². The van der Waals surface area contributed by atoms with Gasteiger partial charge in [0.05, 0.1) is 21.3 Å². The summed E-state index contributed by atoms with van der Waals surface area (Å²) >= 11 is 1.07. The largest absolute Gasteiger partial charge is 0.467 e. The van der Waals surface area contributed by atoms with Crippen LogP contribution in [0, 0.1) is 5.92 Å². The predicted molar refractivity (Wildman–Crippen MR) is 212 cm³/mol. The standard InChI is InChI=1S/C39H70N4O11S/c1-10-12-13-14-15-16-17-18-19-20-21-22-31(44)43-33(27(3)11-2)34(46)41-28(35(47)51-7)23-24-32(45)40-29(36(48)52-8)25-55-26-30(37(49)53-9)42-38(50)54-39(4,5)6/h27-30,33H,10-26H2,1-9H3,(H,40,45)(H,41,46)(H,42,50)(H,43,44)/t27?,28-,29-,30+,33+/m1/s1. The molecule has 4 amide bonds. The summed E-state index contributed by atoms with van der Waals surface area (Å²) in [5.41, 5.74) is -0.800. The van der Waals surface area contributed by atoms with Gasteiger partial charge >= 0.3 is 24.0 Å². The molecule has 4 N–H and O–H groups in total. The van der Waals surface area contributed by atoms with E-state index in [2.05, 4.69) is 28.2 Å². The van der Waals surface area contributed by atoms with Gasteiger partial charge in [0.25, 0.3) is 0 Å². The van der Waals surface area contributed by atoms with Gasteiger partial charge in [-0.25, -0.2) is 19.2 Å². The smallest absolute Gasteiger partial charge is 0.408 e. The van der Waals surface area contributed by atoms with Crippen LogP contribution in [0.1, 0.15) is 138 Å². The molecule has 5 atom stereocenters. The Morgan fingerprint density at radius 3 is 1.51 bits per heavy atom. The molecule has 0 aliphatic rings. The second kappa shape index (κ2) is 29.7. The average Bonchev–Trinajstić information content (AvgIpc) is 3.14. The molecule has 1 unspecified atom stereocenters. The van der Waals surface area contributed by atoms with Gasteiger partial charge in [0, 0.05) is 24.3 Å². The summed E-state index contributed by atoms with van der Waals surface area (Å²) in [6, 6.07) is -4.34. The minimum atomic E-state index is -1.20. The summed E-state index contributed by atoms with van der Waals surface area (Å²) in [5, 5.41) is 10.5. The quantitative estimate of drug-likeness (QED) is 0.0443. The Morgan fingerprint density at radius 1 is 0.582 bits per heavy atom. The first-order chi connectivity index (χ1) is 26.0. The Morgan fingerprint density at radius 2 is 1.04 bits per heavy atom. The SMILES string of the molecule is CCCCCCCCCCCCCC(=O)N[C@H](C(=O)N[C@H](CCC(=O)N[C@H](CSC[C@H](NC(=O)OC(C)(C)C)C(=O)OC)C(=O)OC)C(=O)OC)C(C)CC. The van der Waals surface area contributed by atoms with Crippen molar-refractivity contribution in [1.82, 2.24) is 21.3 Å². The van der Waals surface area contributed by atoms with Gasteiger partial charge < -0.3 is 40.2 Å². The summed E-state index contributed by atoms with van der Waals surface area (Å²) in [6.45, 7) is 11.0. The number of amides is 4. The zero-order valence-electron chi connectivity index (χ0n) is 34.8. The van der Waals surface area contributed by atoms with Gasteiger partial charge in [0.15, 0.2) is 0 Å². The number of methoxy groups -OCH3 is 3. The van der Waals surface area contributed by atoms with Crippen molar-refractivity contribution in [3.8, 4) is 0 Å². The van der Waals surface area contributed by atoms with Gasteiger partial charge in [-0.2, -0.15) is 11.8 Å². The lowest BCUT2D eigenvalue weighted by atomic mass is 9.97. The normalized spacial score (nSPS) is 13.9. The van der Waals surface area contributed by atoms with Crippen molar-refractivity contribution in [3.63, 3.8) is 0 Å². The number of carbonyl (C=O) groups excluding carboxylic acids is 7. The van der Waals surface area contributed by atoms with Gasteiger partial charge in [-0.3, -0.25) is 14.4 Å². The summed E-state index contributed by atoms with van der Waals surface area (Å²) in [6.07, 6.45) is 12.4. The van der Waals surface area contributed by atoms with E-state index in [0.717, 1.165) is 51.7 Å². The summed E-state index contributed by atoms with van der Waals surface area (Å²) in [5.74, 6) is -3.97. The number of carbonyl (C=O) groups is 7. The first-order valence-electron chi connectivity index (χ1n) is 19.7. The Labute approximate surface area is 333 Å². The van der Waals surface area contributed by atoms with Crippen LogP contribution < -0.4 is 21.3 Å². The molecule has 16 heteroatoms. The number of hydrogen-bond donors (Lipinski definition) is 4. The molecule has 0 rings (SSSR count). The van der Waals surface area contributed by atoms with Gasteiger partial charge in [-0.15, -0.1) is 0 Å². The monoisotopic (exact) mass is 802 g/mol. The van der Waals surface area contributed by atoms with E-state index in [1.54, 1.807) is 20.8 Å². The number of thioether (sulfide) groups is 1. The van der Waals surface area contributed by atoms with Crippen molar-refractivity contribution in [2.24, 2.45) is 5.92 Å². The second-order valence-electron chi connectivity index (χ2n) is 14.7. The highest BCUT2D eigenvalue weighted by Gasteiger charge is 2.32. The zero-order valence-corrected chi connectivity index (χ0v) is 35.6. The molecule has 0 aliphatic heterocycles. The number of nitrogens with one attached hydrogen (secondary N) is 4. The molecule has 0 aromatic rings. The number of rotatable bonds is 29. The molecule has 55 heavy (non-hydrogen) atoms. The number of unbranched alkanes of at least 4 members (excludes halogenated alkanes) is 10. The fourth-order valence-electron chi connectivity index (χ4n) is 5.47. The van der Waals surface area contributed by atoms with Crippen LogP contribution in [0.15, 0.2) is 0 Å². The third kappa shape index (κ3) is 24.5. The zero-order chi connectivity index (χ0) is 41.8. The van der Waals surface area contributed by atoms with E-state index < -0.39 is 65.6 Å². The van der Waals surface area contributed by atoms with Crippen LogP contribution in [0.4, 0.5) is 4.79 Å². The third-order valence-electron chi connectivity index (χ3n) is 8.85. The van der Waals surface area contributed by atoms with Gasteiger partial charge in [-0.05, 0) is 39.5 Å². The van der Waals surface area contributed by atoms with Gasteiger partial charge in [0.2, 0.25) is 17.7 Å². The number of hydrogen-bond acceptors (Lipinski definition) is 12. The minimum absolute atomic E-state index is 0.0150. The molecule has 0 saturated carbocycles. The number of esters is 3. The summed E-state index contributed by atoms with van der Waals surface area (Å²) < 4.78 is 19.7. The highest BCUT2D eigenvalue weighted by atomic mass is 32.2. The van der Waals surface area contributed by atoms with E-state index in [-0.39, 0.29) is 36.2 Å². The highest BCUT2D eigenvalue weighted by Crippen LogP contribution is 2.15. The fraction of sp³-hybridized carbons (Fsp3) is 0.821. The maximum absolute atomic E-state index is 13.4. The Bertz CT molecular complexity index is 1180. The summed E-state index contributed by atoms with van der Waals surface area (Å²) in [7, 11) is 3.48. The van der Waals surface area contributed by atoms with Crippen molar-refractivity contribution in [2.45, 2.75) is 168 Å².